The molecule has 0 amide bonds. The SMILES string of the molecule is CCc1nc(Cl)nc2c1cnn2C1CCC(O)CC1. The Morgan fingerprint density at radius 3 is 2.74 bits per heavy atom. The summed E-state index contributed by atoms with van der Waals surface area (Å²) in [6, 6.07) is 0.302. The molecule has 102 valence electrons. The van der Waals surface area contributed by atoms with E-state index in [0.717, 1.165) is 48.8 Å². The number of halogens is 1. The van der Waals surface area contributed by atoms with Gasteiger partial charge in [0.2, 0.25) is 5.28 Å². The molecule has 1 aliphatic carbocycles. The molecule has 1 fully saturated rings. The lowest BCUT2D eigenvalue weighted by atomic mass is 9.93. The van der Waals surface area contributed by atoms with Crippen LogP contribution in [0.1, 0.15) is 44.3 Å². The van der Waals surface area contributed by atoms with Crippen molar-refractivity contribution in [2.24, 2.45) is 0 Å². The normalized spacial score (nSPS) is 23.9. The lowest BCUT2D eigenvalue weighted by molar-refractivity contribution is 0.109. The predicted octanol–water partition coefficient (Wildman–Crippen LogP) is 2.52. The molecule has 0 radical (unpaired) electrons. The van der Waals surface area contributed by atoms with E-state index in [-0.39, 0.29) is 11.4 Å². The lowest BCUT2D eigenvalue weighted by Gasteiger charge is -2.25. The van der Waals surface area contributed by atoms with Crippen molar-refractivity contribution in [2.75, 3.05) is 0 Å². The van der Waals surface area contributed by atoms with E-state index >= 15 is 0 Å². The monoisotopic (exact) mass is 280 g/mol. The number of hydrogen-bond acceptors (Lipinski definition) is 4. The van der Waals surface area contributed by atoms with Gasteiger partial charge in [-0.3, -0.25) is 0 Å². The summed E-state index contributed by atoms with van der Waals surface area (Å²) in [5.41, 5.74) is 1.76. The maximum absolute atomic E-state index is 9.59. The third kappa shape index (κ3) is 2.32. The van der Waals surface area contributed by atoms with Crippen molar-refractivity contribution < 1.29 is 5.11 Å². The average molecular weight is 281 g/mol. The second kappa shape index (κ2) is 5.06. The van der Waals surface area contributed by atoms with Crippen molar-refractivity contribution >= 4 is 22.6 Å². The highest BCUT2D eigenvalue weighted by molar-refractivity contribution is 6.28. The van der Waals surface area contributed by atoms with Gasteiger partial charge in [0.25, 0.3) is 0 Å². The molecule has 1 aliphatic rings. The van der Waals surface area contributed by atoms with Crippen LogP contribution in [-0.2, 0) is 6.42 Å². The molecule has 2 heterocycles. The first-order chi connectivity index (χ1) is 9.19. The lowest BCUT2D eigenvalue weighted by Crippen LogP contribution is -2.22. The molecule has 5 nitrogen and oxygen atoms in total. The standard InChI is InChI=1S/C13H17ClN4O/c1-2-11-10-7-15-18(12(10)17-13(14)16-11)8-3-5-9(19)6-4-8/h7-9,19H,2-6H2,1H3. The number of aryl methyl sites for hydroxylation is 1. The zero-order chi connectivity index (χ0) is 13.4. The highest BCUT2D eigenvalue weighted by atomic mass is 35.5. The maximum atomic E-state index is 9.59. The number of nitrogens with zero attached hydrogens (tertiary/aromatic N) is 4. The number of fused-ring (bicyclic) bond motifs is 1. The van der Waals surface area contributed by atoms with Gasteiger partial charge < -0.3 is 5.11 Å². The summed E-state index contributed by atoms with van der Waals surface area (Å²) in [5, 5.41) is 15.3. The minimum Gasteiger partial charge on any atom is -0.393 e. The fourth-order valence-corrected chi connectivity index (χ4v) is 2.98. The van der Waals surface area contributed by atoms with E-state index < -0.39 is 0 Å². The number of rotatable bonds is 2. The first kappa shape index (κ1) is 12.8. The van der Waals surface area contributed by atoms with Crippen LogP contribution in [0.4, 0.5) is 0 Å². The molecular formula is C13H17ClN4O. The molecule has 19 heavy (non-hydrogen) atoms. The van der Waals surface area contributed by atoms with E-state index in [1.54, 1.807) is 0 Å². The molecule has 0 atom stereocenters. The van der Waals surface area contributed by atoms with Crippen LogP contribution in [0.3, 0.4) is 0 Å². The third-order valence-electron chi connectivity index (χ3n) is 3.85. The molecule has 0 unspecified atom stereocenters. The van der Waals surface area contributed by atoms with Crippen molar-refractivity contribution in [1.29, 1.82) is 0 Å². The molecule has 0 aliphatic heterocycles. The molecule has 0 bridgehead atoms. The highest BCUT2D eigenvalue weighted by Gasteiger charge is 2.23. The van der Waals surface area contributed by atoms with Crippen molar-refractivity contribution in [3.63, 3.8) is 0 Å². The van der Waals surface area contributed by atoms with Gasteiger partial charge in [0.15, 0.2) is 5.65 Å². The molecule has 3 rings (SSSR count). The number of aromatic nitrogens is 4. The molecule has 2 aromatic heterocycles. The summed E-state index contributed by atoms with van der Waals surface area (Å²) in [5.74, 6) is 0. The molecule has 0 aromatic carbocycles. The van der Waals surface area contributed by atoms with Crippen LogP contribution in [-0.4, -0.2) is 31.0 Å². The topological polar surface area (TPSA) is 63.8 Å². The van der Waals surface area contributed by atoms with Gasteiger partial charge in [-0.15, -0.1) is 0 Å². The highest BCUT2D eigenvalue weighted by Crippen LogP contribution is 2.31. The Morgan fingerprint density at radius 2 is 2.05 bits per heavy atom. The number of aliphatic hydroxyl groups excluding tert-OH is 1. The maximum Gasteiger partial charge on any atom is 0.224 e. The van der Waals surface area contributed by atoms with Crippen LogP contribution in [0, 0.1) is 0 Å². The molecule has 2 aromatic rings. The van der Waals surface area contributed by atoms with E-state index in [4.69, 9.17) is 11.6 Å². The van der Waals surface area contributed by atoms with Gasteiger partial charge in [-0.05, 0) is 43.7 Å². The quantitative estimate of drug-likeness (QED) is 0.859. The van der Waals surface area contributed by atoms with Crippen molar-refractivity contribution in [3.8, 4) is 0 Å². The van der Waals surface area contributed by atoms with Crippen molar-refractivity contribution in [3.05, 3.63) is 17.2 Å². The first-order valence-corrected chi connectivity index (χ1v) is 7.14. The van der Waals surface area contributed by atoms with Crippen LogP contribution in [0.2, 0.25) is 5.28 Å². The predicted molar refractivity (Wildman–Crippen MR) is 73.2 cm³/mol. The molecule has 0 spiro atoms. The van der Waals surface area contributed by atoms with Crippen LogP contribution in [0.5, 0.6) is 0 Å². The largest absolute Gasteiger partial charge is 0.393 e. The number of hydrogen-bond donors (Lipinski definition) is 1. The fraction of sp³-hybridized carbons (Fsp3) is 0.615. The van der Waals surface area contributed by atoms with E-state index in [0.29, 0.717) is 6.04 Å². The minimum atomic E-state index is -0.164. The average Bonchev–Trinajstić information content (AvgIpc) is 2.82. The second-order valence-corrected chi connectivity index (χ2v) is 5.42. The number of aliphatic hydroxyl groups is 1. The van der Waals surface area contributed by atoms with Gasteiger partial charge in [-0.25, -0.2) is 9.67 Å². The van der Waals surface area contributed by atoms with Crippen LogP contribution >= 0.6 is 11.6 Å². The summed E-state index contributed by atoms with van der Waals surface area (Å²) in [4.78, 5) is 8.58. The van der Waals surface area contributed by atoms with Gasteiger partial charge in [0, 0.05) is 0 Å². The smallest absolute Gasteiger partial charge is 0.224 e. The molecule has 0 saturated heterocycles. The van der Waals surface area contributed by atoms with Crippen LogP contribution in [0.15, 0.2) is 6.20 Å². The van der Waals surface area contributed by atoms with Gasteiger partial charge in [0.1, 0.15) is 0 Å². The van der Waals surface area contributed by atoms with Gasteiger partial charge in [-0.2, -0.15) is 10.1 Å². The van der Waals surface area contributed by atoms with Gasteiger partial charge >= 0.3 is 0 Å². The summed E-state index contributed by atoms with van der Waals surface area (Å²) in [6.45, 7) is 2.05. The van der Waals surface area contributed by atoms with Gasteiger partial charge in [-0.1, -0.05) is 6.92 Å². The van der Waals surface area contributed by atoms with E-state index in [1.807, 2.05) is 17.8 Å². The Hall–Kier alpha value is -1.20. The second-order valence-electron chi connectivity index (χ2n) is 5.08. The van der Waals surface area contributed by atoms with Crippen LogP contribution < -0.4 is 0 Å². The summed E-state index contributed by atoms with van der Waals surface area (Å²) in [7, 11) is 0. The van der Waals surface area contributed by atoms with Crippen molar-refractivity contribution in [1.82, 2.24) is 19.7 Å². The van der Waals surface area contributed by atoms with Crippen LogP contribution in [0.25, 0.3) is 11.0 Å². The minimum absolute atomic E-state index is 0.164. The molecule has 1 N–H and O–H groups in total. The Bertz CT molecular complexity index is 590. The Morgan fingerprint density at radius 1 is 1.32 bits per heavy atom. The first-order valence-electron chi connectivity index (χ1n) is 6.76. The molecular weight excluding hydrogens is 264 g/mol. The Labute approximate surface area is 116 Å². The van der Waals surface area contributed by atoms with Gasteiger partial charge in [0.05, 0.1) is 29.4 Å². The Balaban J connectivity index is 2.02. The fourth-order valence-electron chi connectivity index (χ4n) is 2.79. The molecule has 1 saturated carbocycles. The Kier molecular flexibility index (Phi) is 3.41. The molecule has 6 heteroatoms. The van der Waals surface area contributed by atoms with E-state index in [9.17, 15) is 5.11 Å². The van der Waals surface area contributed by atoms with Crippen molar-refractivity contribution in [2.45, 2.75) is 51.2 Å². The summed E-state index contributed by atoms with van der Waals surface area (Å²) >= 11 is 5.99. The third-order valence-corrected chi connectivity index (χ3v) is 4.02. The zero-order valence-corrected chi connectivity index (χ0v) is 11.6. The van der Waals surface area contributed by atoms with E-state index in [2.05, 4.69) is 15.1 Å². The summed E-state index contributed by atoms with van der Waals surface area (Å²) < 4.78 is 1.95. The van der Waals surface area contributed by atoms with E-state index in [1.165, 1.54) is 0 Å². The summed E-state index contributed by atoms with van der Waals surface area (Å²) in [6.07, 6.45) is 5.99. The zero-order valence-electron chi connectivity index (χ0n) is 10.9.